The van der Waals surface area contributed by atoms with E-state index in [0.29, 0.717) is 38.0 Å². The molecule has 1 saturated heterocycles. The molecule has 0 aromatic heterocycles. The number of amides is 3. The second-order valence-corrected chi connectivity index (χ2v) is 10.3. The molecule has 6 nitrogen and oxygen atoms in total. The lowest BCUT2D eigenvalue weighted by molar-refractivity contribution is -0.135. The summed E-state index contributed by atoms with van der Waals surface area (Å²) in [6.45, 7) is 9.66. The minimum atomic E-state index is -0.745. The number of hydrogen-bond acceptors (Lipinski definition) is 3. The van der Waals surface area contributed by atoms with Gasteiger partial charge in [0.25, 0.3) is 5.91 Å². The summed E-state index contributed by atoms with van der Waals surface area (Å²) in [6.07, 6.45) is 4.72. The van der Waals surface area contributed by atoms with Gasteiger partial charge in [-0.2, -0.15) is 0 Å². The summed E-state index contributed by atoms with van der Waals surface area (Å²) in [5.41, 5.74) is 3.84. The molecule has 3 amide bonds. The molecule has 2 aromatic carbocycles. The third-order valence-corrected chi connectivity index (χ3v) is 8.26. The third kappa shape index (κ3) is 5.07. The molecular weight excluding hydrogens is 462 g/mol. The number of aryl methyl sites for hydroxylation is 1. The lowest BCUT2D eigenvalue weighted by atomic mass is 9.62. The Morgan fingerprint density at radius 1 is 1.03 bits per heavy atom. The molecule has 1 aliphatic heterocycles. The Bertz CT molecular complexity index is 1200. The minimum Gasteiger partial charge on any atom is -0.355 e. The second kappa shape index (κ2) is 11.3. The first-order chi connectivity index (χ1) is 17.8. The van der Waals surface area contributed by atoms with Gasteiger partial charge in [-0.3, -0.25) is 14.4 Å². The first-order valence-corrected chi connectivity index (χ1v) is 13.5. The van der Waals surface area contributed by atoms with E-state index in [-0.39, 0.29) is 29.7 Å². The summed E-state index contributed by atoms with van der Waals surface area (Å²) >= 11 is 0. The van der Waals surface area contributed by atoms with Gasteiger partial charge in [0.15, 0.2) is 0 Å². The fraction of sp³-hybridized carbons (Fsp3) is 0.452. The van der Waals surface area contributed by atoms with E-state index in [0.717, 1.165) is 35.1 Å². The highest BCUT2D eigenvalue weighted by atomic mass is 16.2. The molecule has 2 atom stereocenters. The van der Waals surface area contributed by atoms with Gasteiger partial charge in [-0.25, -0.2) is 0 Å². The Kier molecular flexibility index (Phi) is 8.16. The molecule has 2 aromatic rings. The lowest BCUT2D eigenvalue weighted by Gasteiger charge is -2.43. The molecule has 2 N–H and O–H groups in total. The van der Waals surface area contributed by atoms with Crippen LogP contribution < -0.4 is 10.6 Å². The van der Waals surface area contributed by atoms with Gasteiger partial charge in [-0.15, -0.1) is 0 Å². The number of nitrogens with zero attached hydrogens (tertiary/aromatic N) is 1. The number of likely N-dealkylation sites (N-methyl/N-ethyl adjacent to an activating group) is 1. The summed E-state index contributed by atoms with van der Waals surface area (Å²) < 4.78 is 0. The van der Waals surface area contributed by atoms with Crippen LogP contribution in [0.4, 0.5) is 0 Å². The number of benzene rings is 2. The van der Waals surface area contributed by atoms with Crippen LogP contribution in [-0.2, 0) is 15.0 Å². The molecule has 0 saturated carbocycles. The SMILES string of the molecule is C/C=C(\C)[C@@]1(C(=O)NCC)CC[C@@H](C(=O)N2CCC(NC(=O)c3ccccc3C)CC2)c2ccccc21. The summed E-state index contributed by atoms with van der Waals surface area (Å²) in [5, 5.41) is 6.20. The summed E-state index contributed by atoms with van der Waals surface area (Å²) in [7, 11) is 0. The molecule has 196 valence electrons. The van der Waals surface area contributed by atoms with Gasteiger partial charge in [0.05, 0.1) is 11.3 Å². The molecule has 1 heterocycles. The number of nitrogens with one attached hydrogen (secondary N) is 2. The monoisotopic (exact) mass is 501 g/mol. The normalized spacial score (nSPS) is 22.2. The Hall–Kier alpha value is -3.41. The van der Waals surface area contributed by atoms with Crippen LogP contribution in [0.15, 0.2) is 60.2 Å². The van der Waals surface area contributed by atoms with Crippen LogP contribution in [0.2, 0.25) is 0 Å². The van der Waals surface area contributed by atoms with E-state index >= 15 is 0 Å². The van der Waals surface area contributed by atoms with Crippen LogP contribution in [0.5, 0.6) is 0 Å². The van der Waals surface area contributed by atoms with Crippen LogP contribution in [0.1, 0.15) is 79.4 Å². The summed E-state index contributed by atoms with van der Waals surface area (Å²) in [6, 6.07) is 15.6. The first-order valence-electron chi connectivity index (χ1n) is 13.5. The van der Waals surface area contributed by atoms with Gasteiger partial charge >= 0.3 is 0 Å². The van der Waals surface area contributed by atoms with E-state index in [1.807, 2.05) is 87.2 Å². The molecule has 1 aliphatic carbocycles. The predicted molar refractivity (Wildman–Crippen MR) is 146 cm³/mol. The number of rotatable bonds is 6. The van der Waals surface area contributed by atoms with E-state index in [2.05, 4.69) is 10.6 Å². The van der Waals surface area contributed by atoms with Crippen molar-refractivity contribution in [3.8, 4) is 0 Å². The zero-order valence-electron chi connectivity index (χ0n) is 22.5. The highest BCUT2D eigenvalue weighted by Crippen LogP contribution is 2.48. The van der Waals surface area contributed by atoms with Crippen molar-refractivity contribution in [3.05, 3.63) is 82.4 Å². The number of piperidine rings is 1. The highest BCUT2D eigenvalue weighted by molar-refractivity contribution is 5.96. The van der Waals surface area contributed by atoms with Gasteiger partial charge in [0, 0.05) is 31.2 Å². The molecule has 6 heteroatoms. The van der Waals surface area contributed by atoms with E-state index in [1.54, 1.807) is 0 Å². The number of likely N-dealkylation sites (tertiary alicyclic amines) is 1. The molecule has 2 aliphatic rings. The zero-order valence-corrected chi connectivity index (χ0v) is 22.5. The average molecular weight is 502 g/mol. The maximum absolute atomic E-state index is 13.8. The Morgan fingerprint density at radius 2 is 1.70 bits per heavy atom. The number of carbonyl (C=O) groups is 3. The molecule has 0 unspecified atom stereocenters. The highest BCUT2D eigenvalue weighted by Gasteiger charge is 2.48. The number of fused-ring (bicyclic) bond motifs is 1. The maximum atomic E-state index is 13.8. The average Bonchev–Trinajstić information content (AvgIpc) is 2.92. The molecule has 4 rings (SSSR count). The van der Waals surface area contributed by atoms with Crippen LogP contribution in [0, 0.1) is 6.92 Å². The topological polar surface area (TPSA) is 78.5 Å². The Morgan fingerprint density at radius 3 is 2.38 bits per heavy atom. The molecular formula is C31H39N3O3. The van der Waals surface area contributed by atoms with Crippen LogP contribution in [0.25, 0.3) is 0 Å². The van der Waals surface area contributed by atoms with Crippen molar-refractivity contribution in [2.24, 2.45) is 0 Å². The summed E-state index contributed by atoms with van der Waals surface area (Å²) in [4.78, 5) is 41.9. The van der Waals surface area contributed by atoms with Gasteiger partial charge in [0.2, 0.25) is 11.8 Å². The quantitative estimate of drug-likeness (QED) is 0.567. The van der Waals surface area contributed by atoms with Crippen molar-refractivity contribution in [2.75, 3.05) is 19.6 Å². The fourth-order valence-electron chi connectivity index (χ4n) is 6.03. The van der Waals surface area contributed by atoms with Gasteiger partial charge in [-0.05, 0) is 76.1 Å². The Labute approximate surface area is 220 Å². The van der Waals surface area contributed by atoms with Gasteiger partial charge in [0.1, 0.15) is 0 Å². The van der Waals surface area contributed by atoms with Gasteiger partial charge in [-0.1, -0.05) is 54.1 Å². The van der Waals surface area contributed by atoms with Crippen molar-refractivity contribution >= 4 is 17.7 Å². The van der Waals surface area contributed by atoms with Crippen molar-refractivity contribution in [3.63, 3.8) is 0 Å². The Balaban J connectivity index is 1.49. The molecule has 0 spiro atoms. The summed E-state index contributed by atoms with van der Waals surface area (Å²) in [5.74, 6) is -0.181. The predicted octanol–water partition coefficient (Wildman–Crippen LogP) is 4.63. The van der Waals surface area contributed by atoms with Gasteiger partial charge < -0.3 is 15.5 Å². The number of carbonyl (C=O) groups excluding carboxylic acids is 3. The second-order valence-electron chi connectivity index (χ2n) is 10.3. The van der Waals surface area contributed by atoms with Crippen molar-refractivity contribution in [1.29, 1.82) is 0 Å². The molecule has 1 fully saturated rings. The van der Waals surface area contributed by atoms with Crippen molar-refractivity contribution in [1.82, 2.24) is 15.5 Å². The van der Waals surface area contributed by atoms with Crippen LogP contribution >= 0.6 is 0 Å². The number of allylic oxidation sites excluding steroid dienone is 1. The minimum absolute atomic E-state index is 0.00848. The first kappa shape index (κ1) is 26.6. The van der Waals surface area contributed by atoms with E-state index in [9.17, 15) is 14.4 Å². The third-order valence-electron chi connectivity index (χ3n) is 8.26. The van der Waals surface area contributed by atoms with Crippen LogP contribution in [0.3, 0.4) is 0 Å². The molecule has 37 heavy (non-hydrogen) atoms. The van der Waals surface area contributed by atoms with Crippen molar-refractivity contribution < 1.29 is 14.4 Å². The van der Waals surface area contributed by atoms with E-state index < -0.39 is 5.41 Å². The smallest absolute Gasteiger partial charge is 0.251 e. The molecule has 0 radical (unpaired) electrons. The zero-order chi connectivity index (χ0) is 26.6. The standard InChI is InChI=1S/C31H39N3O3/c1-5-22(4)31(30(37)32-6-2)18-15-26(25-13-9-10-14-27(25)31)29(36)34-19-16-23(17-20-34)33-28(35)24-12-8-7-11-21(24)3/h5,7-14,23,26H,6,15-20H2,1-4H3,(H,32,37)(H,33,35)/b22-5+/t26-,31+/m1/s1. The maximum Gasteiger partial charge on any atom is 0.251 e. The lowest BCUT2D eigenvalue weighted by Crippen LogP contribution is -2.51. The largest absolute Gasteiger partial charge is 0.355 e. The number of hydrogen-bond donors (Lipinski definition) is 2. The van der Waals surface area contributed by atoms with E-state index in [1.165, 1.54) is 0 Å². The fourth-order valence-corrected chi connectivity index (χ4v) is 6.03. The van der Waals surface area contributed by atoms with Crippen LogP contribution in [-0.4, -0.2) is 48.3 Å². The molecule has 0 bridgehead atoms. The van der Waals surface area contributed by atoms with E-state index in [4.69, 9.17) is 0 Å². The van der Waals surface area contributed by atoms with Crippen molar-refractivity contribution in [2.45, 2.75) is 70.8 Å².